The molecule has 27 heavy (non-hydrogen) atoms. The highest BCUT2D eigenvalue weighted by Gasteiger charge is 2.38. The molecule has 7 heteroatoms. The summed E-state index contributed by atoms with van der Waals surface area (Å²) in [6, 6.07) is 0. The zero-order chi connectivity index (χ0) is 21.5. The number of esters is 2. The lowest BCUT2D eigenvalue weighted by Crippen LogP contribution is -2.44. The van der Waals surface area contributed by atoms with Gasteiger partial charge in [0.2, 0.25) is 0 Å². The zero-order valence-electron chi connectivity index (χ0n) is 18.0. The molecule has 0 fully saturated rings. The summed E-state index contributed by atoms with van der Waals surface area (Å²) >= 11 is 0. The number of aliphatic hydroxyl groups is 1. The molecule has 0 spiro atoms. The van der Waals surface area contributed by atoms with Crippen LogP contribution in [0.4, 0.5) is 0 Å². The van der Waals surface area contributed by atoms with Crippen LogP contribution in [0, 0.1) is 5.41 Å². The average Bonchev–Trinajstić information content (AvgIpc) is 2.52. The number of hydrogen-bond donors (Lipinski definition) is 1. The molecule has 0 aromatic heterocycles. The number of aliphatic hydroxyl groups excluding tert-OH is 1. The van der Waals surface area contributed by atoms with Crippen molar-refractivity contribution in [1.82, 2.24) is 0 Å². The van der Waals surface area contributed by atoms with E-state index in [0.717, 1.165) is 0 Å². The lowest BCUT2D eigenvalue weighted by molar-refractivity contribution is -0.175. The number of carbonyl (C=O) groups is 2. The van der Waals surface area contributed by atoms with Gasteiger partial charge in [-0.15, -0.1) is 0 Å². The molecule has 1 atom stereocenters. The van der Waals surface area contributed by atoms with E-state index in [1.165, 1.54) is 6.92 Å². The fourth-order valence-corrected chi connectivity index (χ4v) is 1.60. The second-order valence-corrected chi connectivity index (χ2v) is 8.99. The Bertz CT molecular complexity index is 493. The van der Waals surface area contributed by atoms with E-state index in [1.54, 1.807) is 6.92 Å². The summed E-state index contributed by atoms with van der Waals surface area (Å²) < 4.78 is 21.6. The van der Waals surface area contributed by atoms with Crippen molar-refractivity contribution in [1.29, 1.82) is 0 Å². The summed E-state index contributed by atoms with van der Waals surface area (Å²) in [6.07, 6.45) is -1.13. The zero-order valence-corrected chi connectivity index (χ0v) is 18.0. The fraction of sp³-hybridized carbons (Fsp3) is 0.800. The second-order valence-electron chi connectivity index (χ2n) is 8.99. The van der Waals surface area contributed by atoms with Gasteiger partial charge in [0.15, 0.2) is 0 Å². The van der Waals surface area contributed by atoms with E-state index < -0.39 is 34.7 Å². The lowest BCUT2D eigenvalue weighted by Gasteiger charge is -2.33. The van der Waals surface area contributed by atoms with Gasteiger partial charge in [0.1, 0.15) is 24.7 Å². The molecule has 158 valence electrons. The molecule has 7 nitrogen and oxygen atoms in total. The molecule has 0 aliphatic heterocycles. The third-order valence-corrected chi connectivity index (χ3v) is 3.30. The van der Waals surface area contributed by atoms with Crippen LogP contribution in [0.25, 0.3) is 0 Å². The molecule has 1 unspecified atom stereocenters. The Kier molecular flexibility index (Phi) is 9.66. The first kappa shape index (κ1) is 25.6. The van der Waals surface area contributed by atoms with Gasteiger partial charge in [-0.25, -0.2) is 4.79 Å². The van der Waals surface area contributed by atoms with E-state index in [-0.39, 0.29) is 32.0 Å². The van der Waals surface area contributed by atoms with Crippen LogP contribution in [0.1, 0.15) is 55.4 Å². The van der Waals surface area contributed by atoms with E-state index >= 15 is 0 Å². The Labute approximate surface area is 163 Å². The normalized spacial score (nSPS) is 13.8. The van der Waals surface area contributed by atoms with Gasteiger partial charge in [-0.2, -0.15) is 0 Å². The Morgan fingerprint density at radius 2 is 1.30 bits per heavy atom. The van der Waals surface area contributed by atoms with Gasteiger partial charge >= 0.3 is 11.9 Å². The van der Waals surface area contributed by atoms with E-state index in [9.17, 15) is 14.7 Å². The van der Waals surface area contributed by atoms with Crippen LogP contribution in [0.5, 0.6) is 0 Å². The van der Waals surface area contributed by atoms with Crippen molar-refractivity contribution in [3.8, 4) is 0 Å². The molecule has 0 aromatic rings. The Morgan fingerprint density at radius 1 is 0.889 bits per heavy atom. The highest BCUT2D eigenvalue weighted by Crippen LogP contribution is 2.25. The monoisotopic (exact) mass is 388 g/mol. The van der Waals surface area contributed by atoms with Gasteiger partial charge in [0.05, 0.1) is 24.4 Å². The predicted octanol–water partition coefficient (Wildman–Crippen LogP) is 2.65. The topological polar surface area (TPSA) is 91.3 Å². The molecule has 0 saturated carbocycles. The highest BCUT2D eigenvalue weighted by atomic mass is 16.6. The Hall–Kier alpha value is -1.44. The quantitative estimate of drug-likeness (QED) is 0.454. The van der Waals surface area contributed by atoms with Gasteiger partial charge in [-0.1, -0.05) is 6.58 Å². The lowest BCUT2D eigenvalue weighted by atomic mass is 9.92. The molecule has 0 aliphatic rings. The second kappa shape index (κ2) is 10.2. The first-order chi connectivity index (χ1) is 12.1. The SMILES string of the molecule is C=C(C)C(=O)OCC(O)COC(=O)C(C)(COC(C)(C)C)COC(C)(C)C. The molecule has 0 amide bonds. The molecular weight excluding hydrogens is 352 g/mol. The largest absolute Gasteiger partial charge is 0.462 e. The van der Waals surface area contributed by atoms with Crippen molar-refractivity contribution in [2.45, 2.75) is 72.7 Å². The Balaban J connectivity index is 4.81. The Morgan fingerprint density at radius 3 is 1.67 bits per heavy atom. The molecule has 0 aromatic carbocycles. The van der Waals surface area contributed by atoms with Crippen molar-refractivity contribution in [2.75, 3.05) is 26.4 Å². The van der Waals surface area contributed by atoms with Crippen molar-refractivity contribution < 1.29 is 33.6 Å². The fourth-order valence-electron chi connectivity index (χ4n) is 1.60. The molecule has 0 rings (SSSR count). The molecule has 1 N–H and O–H groups in total. The van der Waals surface area contributed by atoms with Crippen LogP contribution in [-0.2, 0) is 28.5 Å². The molecule has 0 aliphatic carbocycles. The smallest absolute Gasteiger partial charge is 0.333 e. The minimum atomic E-state index is -1.13. The average molecular weight is 389 g/mol. The molecule has 0 radical (unpaired) electrons. The summed E-state index contributed by atoms with van der Waals surface area (Å²) in [7, 11) is 0. The summed E-state index contributed by atoms with van der Waals surface area (Å²) in [4.78, 5) is 24.0. The summed E-state index contributed by atoms with van der Waals surface area (Å²) in [5.74, 6) is -1.16. The minimum Gasteiger partial charge on any atom is -0.462 e. The van der Waals surface area contributed by atoms with E-state index in [2.05, 4.69) is 6.58 Å². The summed E-state index contributed by atoms with van der Waals surface area (Å²) in [6.45, 7) is 17.6. The number of hydrogen-bond acceptors (Lipinski definition) is 7. The number of carbonyl (C=O) groups excluding carboxylic acids is 2. The first-order valence-electron chi connectivity index (χ1n) is 9.01. The van der Waals surface area contributed by atoms with Gasteiger partial charge in [-0.3, -0.25) is 4.79 Å². The van der Waals surface area contributed by atoms with Crippen molar-refractivity contribution in [2.24, 2.45) is 5.41 Å². The third-order valence-electron chi connectivity index (χ3n) is 3.30. The van der Waals surface area contributed by atoms with E-state index in [1.807, 2.05) is 41.5 Å². The van der Waals surface area contributed by atoms with E-state index in [4.69, 9.17) is 18.9 Å². The molecule has 0 saturated heterocycles. The summed E-state index contributed by atoms with van der Waals surface area (Å²) in [5, 5.41) is 9.87. The minimum absolute atomic E-state index is 0.103. The van der Waals surface area contributed by atoms with Crippen LogP contribution in [0.3, 0.4) is 0 Å². The standard InChI is InChI=1S/C20H36O7/c1-14(2)16(22)24-10-15(21)11-25-17(23)20(9,12-26-18(3,4)5)13-27-19(6,7)8/h15,21H,1,10-13H2,2-9H3. The number of ether oxygens (including phenoxy) is 4. The molecular formula is C20H36O7. The molecule has 0 heterocycles. The van der Waals surface area contributed by atoms with Crippen molar-refractivity contribution in [3.05, 3.63) is 12.2 Å². The maximum absolute atomic E-state index is 12.6. The predicted molar refractivity (Wildman–Crippen MR) is 102 cm³/mol. The van der Waals surface area contributed by atoms with Gasteiger partial charge in [0, 0.05) is 5.57 Å². The van der Waals surface area contributed by atoms with Crippen LogP contribution in [-0.4, -0.2) is 60.8 Å². The van der Waals surface area contributed by atoms with Crippen LogP contribution < -0.4 is 0 Å². The van der Waals surface area contributed by atoms with E-state index in [0.29, 0.717) is 0 Å². The van der Waals surface area contributed by atoms with Crippen molar-refractivity contribution >= 4 is 11.9 Å². The maximum atomic E-state index is 12.6. The summed E-state index contributed by atoms with van der Waals surface area (Å²) in [5.41, 5.74) is -1.68. The van der Waals surface area contributed by atoms with Crippen LogP contribution >= 0.6 is 0 Å². The van der Waals surface area contributed by atoms with Gasteiger partial charge < -0.3 is 24.1 Å². The van der Waals surface area contributed by atoms with Crippen molar-refractivity contribution in [3.63, 3.8) is 0 Å². The van der Waals surface area contributed by atoms with Crippen LogP contribution in [0.15, 0.2) is 12.2 Å². The van der Waals surface area contributed by atoms with Crippen LogP contribution in [0.2, 0.25) is 0 Å². The number of rotatable bonds is 10. The molecule has 0 bridgehead atoms. The van der Waals surface area contributed by atoms with Gasteiger partial charge in [0.25, 0.3) is 0 Å². The van der Waals surface area contributed by atoms with Gasteiger partial charge in [-0.05, 0) is 55.4 Å². The maximum Gasteiger partial charge on any atom is 0.333 e. The first-order valence-corrected chi connectivity index (χ1v) is 9.01. The highest BCUT2D eigenvalue weighted by molar-refractivity contribution is 5.86. The third kappa shape index (κ3) is 11.8.